The number of hydrogen-bond donors (Lipinski definition) is 1. The molecule has 110 valence electrons. The number of rotatable bonds is 6. The summed E-state index contributed by atoms with van der Waals surface area (Å²) in [6.45, 7) is 1.89. The molecule has 0 heterocycles. The number of aryl methyl sites for hydroxylation is 1. The van der Waals surface area contributed by atoms with Crippen LogP contribution in [0.5, 0.6) is 5.75 Å². The normalized spacial score (nSPS) is 15.8. The zero-order valence-electron chi connectivity index (χ0n) is 11.8. The summed E-state index contributed by atoms with van der Waals surface area (Å²) in [6.07, 6.45) is 1.57. The molecule has 1 atom stereocenters. The fraction of sp³-hybridized carbons (Fsp3) is 0.533. The Labute approximate surface area is 118 Å². The van der Waals surface area contributed by atoms with Crippen molar-refractivity contribution in [1.82, 2.24) is 4.90 Å². The third kappa shape index (κ3) is 3.93. The molecule has 1 aliphatic carbocycles. The van der Waals surface area contributed by atoms with Gasteiger partial charge in [-0.1, -0.05) is 6.07 Å². The Morgan fingerprint density at radius 3 is 2.90 bits per heavy atom. The van der Waals surface area contributed by atoms with E-state index in [1.165, 1.54) is 11.0 Å². The van der Waals surface area contributed by atoms with Crippen LogP contribution in [0.1, 0.15) is 18.4 Å². The van der Waals surface area contributed by atoms with Gasteiger partial charge in [0.1, 0.15) is 0 Å². The third-order valence-electron chi connectivity index (χ3n) is 3.49. The van der Waals surface area contributed by atoms with Crippen molar-refractivity contribution < 1.29 is 19.0 Å². The van der Waals surface area contributed by atoms with Crippen molar-refractivity contribution in [2.45, 2.75) is 25.9 Å². The van der Waals surface area contributed by atoms with Crippen LogP contribution in [0, 0.1) is 18.7 Å². The summed E-state index contributed by atoms with van der Waals surface area (Å²) in [5.74, 6) is -0.357. The number of likely N-dealkylation sites (N-methyl/N-ethyl adjacent to an activating group) is 1. The topological polar surface area (TPSA) is 49.8 Å². The molecule has 0 aromatic heterocycles. The molecule has 0 spiro atoms. The van der Waals surface area contributed by atoms with Crippen molar-refractivity contribution >= 4 is 5.91 Å². The minimum Gasteiger partial charge on any atom is -0.481 e. The van der Waals surface area contributed by atoms with Crippen molar-refractivity contribution in [3.05, 3.63) is 29.6 Å². The van der Waals surface area contributed by atoms with Gasteiger partial charge in [-0.05, 0) is 43.4 Å². The smallest absolute Gasteiger partial charge is 0.260 e. The highest BCUT2D eigenvalue weighted by molar-refractivity contribution is 5.77. The van der Waals surface area contributed by atoms with E-state index in [4.69, 9.17) is 4.74 Å². The van der Waals surface area contributed by atoms with Gasteiger partial charge in [-0.2, -0.15) is 0 Å². The Morgan fingerprint density at radius 1 is 1.55 bits per heavy atom. The molecule has 0 saturated heterocycles. The molecule has 0 aliphatic heterocycles. The molecular weight excluding hydrogens is 261 g/mol. The molecule has 1 aliphatic rings. The number of aliphatic hydroxyl groups is 1. The molecule has 0 radical (unpaired) electrons. The number of hydrogen-bond acceptors (Lipinski definition) is 3. The summed E-state index contributed by atoms with van der Waals surface area (Å²) < 4.78 is 18.7. The summed E-state index contributed by atoms with van der Waals surface area (Å²) in [7, 11) is 1.61. The quantitative estimate of drug-likeness (QED) is 0.864. The molecule has 2 rings (SSSR count). The van der Waals surface area contributed by atoms with Crippen molar-refractivity contribution in [3.63, 3.8) is 0 Å². The lowest BCUT2D eigenvalue weighted by molar-refractivity contribution is -0.133. The first-order chi connectivity index (χ1) is 9.47. The molecular formula is C15H20FNO3. The fourth-order valence-electron chi connectivity index (χ4n) is 1.98. The van der Waals surface area contributed by atoms with Crippen molar-refractivity contribution in [1.29, 1.82) is 0 Å². The molecule has 1 N–H and O–H groups in total. The first-order valence-corrected chi connectivity index (χ1v) is 6.78. The van der Waals surface area contributed by atoms with E-state index in [-0.39, 0.29) is 18.3 Å². The van der Waals surface area contributed by atoms with Gasteiger partial charge in [0.05, 0.1) is 6.10 Å². The van der Waals surface area contributed by atoms with Gasteiger partial charge < -0.3 is 14.7 Å². The molecule has 1 saturated carbocycles. The minimum atomic E-state index is -0.482. The lowest BCUT2D eigenvalue weighted by Crippen LogP contribution is -2.38. The molecule has 1 aromatic rings. The Balaban J connectivity index is 1.83. The van der Waals surface area contributed by atoms with Crippen LogP contribution in [0.25, 0.3) is 0 Å². The molecule has 5 heteroatoms. The summed E-state index contributed by atoms with van der Waals surface area (Å²) in [4.78, 5) is 13.3. The average Bonchev–Trinajstić information content (AvgIpc) is 3.23. The first kappa shape index (κ1) is 14.8. The number of ether oxygens (including phenoxy) is 1. The molecule has 0 bridgehead atoms. The average molecular weight is 281 g/mol. The van der Waals surface area contributed by atoms with E-state index in [9.17, 15) is 14.3 Å². The first-order valence-electron chi connectivity index (χ1n) is 6.78. The SMILES string of the molecule is Cc1ccc(F)c(OCC(=O)N(C)CC(O)C2CC2)c1. The van der Waals surface area contributed by atoms with E-state index in [0.29, 0.717) is 12.5 Å². The van der Waals surface area contributed by atoms with Crippen LogP contribution in [-0.2, 0) is 4.79 Å². The molecule has 4 nitrogen and oxygen atoms in total. The predicted molar refractivity (Wildman–Crippen MR) is 73.0 cm³/mol. The van der Waals surface area contributed by atoms with Crippen LogP contribution in [0.4, 0.5) is 4.39 Å². The Bertz CT molecular complexity index is 488. The van der Waals surface area contributed by atoms with Gasteiger partial charge in [0, 0.05) is 13.6 Å². The lowest BCUT2D eigenvalue weighted by Gasteiger charge is -2.21. The lowest BCUT2D eigenvalue weighted by atomic mass is 10.2. The maximum absolute atomic E-state index is 13.5. The number of aliphatic hydroxyl groups excluding tert-OH is 1. The number of nitrogens with zero attached hydrogens (tertiary/aromatic N) is 1. The van der Waals surface area contributed by atoms with Crippen molar-refractivity contribution in [2.75, 3.05) is 20.2 Å². The second-order valence-corrected chi connectivity index (χ2v) is 5.40. The third-order valence-corrected chi connectivity index (χ3v) is 3.49. The van der Waals surface area contributed by atoms with E-state index in [0.717, 1.165) is 18.4 Å². The van der Waals surface area contributed by atoms with Gasteiger partial charge in [0.25, 0.3) is 5.91 Å². The van der Waals surface area contributed by atoms with Gasteiger partial charge in [-0.25, -0.2) is 4.39 Å². The van der Waals surface area contributed by atoms with Crippen LogP contribution in [0.3, 0.4) is 0 Å². The summed E-state index contributed by atoms with van der Waals surface area (Å²) in [5.41, 5.74) is 0.867. The fourth-order valence-corrected chi connectivity index (χ4v) is 1.98. The monoisotopic (exact) mass is 281 g/mol. The van der Waals surface area contributed by atoms with E-state index >= 15 is 0 Å². The van der Waals surface area contributed by atoms with Crippen LogP contribution in [-0.4, -0.2) is 42.2 Å². The molecule has 20 heavy (non-hydrogen) atoms. The van der Waals surface area contributed by atoms with Gasteiger partial charge in [0.2, 0.25) is 0 Å². The molecule has 1 unspecified atom stereocenters. The highest BCUT2D eigenvalue weighted by Gasteiger charge is 2.31. The second-order valence-electron chi connectivity index (χ2n) is 5.40. The zero-order chi connectivity index (χ0) is 14.7. The second kappa shape index (κ2) is 6.22. The van der Waals surface area contributed by atoms with Crippen molar-refractivity contribution in [2.24, 2.45) is 5.92 Å². The molecule has 1 fully saturated rings. The summed E-state index contributed by atoms with van der Waals surface area (Å²) in [5, 5.41) is 9.78. The Kier molecular flexibility index (Phi) is 4.60. The van der Waals surface area contributed by atoms with E-state index in [2.05, 4.69) is 0 Å². The number of carbonyl (C=O) groups excluding carboxylic acids is 1. The largest absolute Gasteiger partial charge is 0.481 e. The molecule has 1 aromatic carbocycles. The Morgan fingerprint density at radius 2 is 2.25 bits per heavy atom. The summed E-state index contributed by atoms with van der Waals surface area (Å²) >= 11 is 0. The van der Waals surface area contributed by atoms with Gasteiger partial charge in [-0.15, -0.1) is 0 Å². The van der Waals surface area contributed by atoms with Gasteiger partial charge >= 0.3 is 0 Å². The predicted octanol–water partition coefficient (Wildman–Crippen LogP) is 1.74. The van der Waals surface area contributed by atoms with E-state index in [1.54, 1.807) is 19.2 Å². The highest BCUT2D eigenvalue weighted by atomic mass is 19.1. The van der Waals surface area contributed by atoms with E-state index < -0.39 is 11.9 Å². The number of amides is 1. The Hall–Kier alpha value is -1.62. The van der Waals surface area contributed by atoms with Crippen LogP contribution in [0.2, 0.25) is 0 Å². The maximum Gasteiger partial charge on any atom is 0.260 e. The standard InChI is InChI=1S/C15H20FNO3/c1-10-3-6-12(16)14(7-10)20-9-15(19)17(2)8-13(18)11-4-5-11/h3,6-7,11,13,18H,4-5,8-9H2,1-2H3. The van der Waals surface area contributed by atoms with Gasteiger partial charge in [0.15, 0.2) is 18.2 Å². The molecule has 1 amide bonds. The van der Waals surface area contributed by atoms with Crippen LogP contribution in [0.15, 0.2) is 18.2 Å². The van der Waals surface area contributed by atoms with Gasteiger partial charge in [-0.3, -0.25) is 4.79 Å². The number of benzene rings is 1. The van der Waals surface area contributed by atoms with Crippen LogP contribution >= 0.6 is 0 Å². The summed E-state index contributed by atoms with van der Waals surface area (Å²) in [6, 6.07) is 4.51. The maximum atomic E-state index is 13.5. The highest BCUT2D eigenvalue weighted by Crippen LogP contribution is 2.32. The van der Waals surface area contributed by atoms with Crippen LogP contribution < -0.4 is 4.74 Å². The van der Waals surface area contributed by atoms with E-state index in [1.807, 2.05) is 6.92 Å². The van der Waals surface area contributed by atoms with Crippen molar-refractivity contribution in [3.8, 4) is 5.75 Å². The minimum absolute atomic E-state index is 0.0782. The number of halogens is 1. The number of carbonyl (C=O) groups is 1. The zero-order valence-corrected chi connectivity index (χ0v) is 11.8.